The van der Waals surface area contributed by atoms with Crippen molar-refractivity contribution in [3.63, 3.8) is 0 Å². The Labute approximate surface area is 143 Å². The van der Waals surface area contributed by atoms with Crippen LogP contribution in [-0.4, -0.2) is 23.1 Å². The fourth-order valence-corrected chi connectivity index (χ4v) is 3.46. The van der Waals surface area contributed by atoms with E-state index in [4.69, 9.17) is 26.2 Å². The molecule has 24 heavy (non-hydrogen) atoms. The largest absolute Gasteiger partial charge is 0.454 e. The number of ether oxygens (including phenoxy) is 2. The number of aromatic nitrogens is 2. The molecule has 0 fully saturated rings. The van der Waals surface area contributed by atoms with E-state index in [1.165, 1.54) is 5.56 Å². The van der Waals surface area contributed by atoms with Crippen molar-refractivity contribution in [3.05, 3.63) is 53.1 Å². The fourth-order valence-electron chi connectivity index (χ4n) is 3.25. The highest BCUT2D eigenvalue weighted by atomic mass is 35.5. The minimum atomic E-state index is 0.270. The Hall–Kier alpha value is -2.66. The lowest BCUT2D eigenvalue weighted by Crippen LogP contribution is -2.04. The van der Waals surface area contributed by atoms with Gasteiger partial charge in [0.05, 0.1) is 16.4 Å². The molecule has 0 aliphatic carbocycles. The van der Waals surface area contributed by atoms with Gasteiger partial charge in [-0.25, -0.2) is 4.68 Å². The third kappa shape index (κ3) is 1.98. The Morgan fingerprint density at radius 3 is 2.88 bits per heavy atom. The monoisotopic (exact) mass is 339 g/mol. The van der Waals surface area contributed by atoms with Crippen molar-refractivity contribution in [2.75, 3.05) is 18.7 Å². The lowest BCUT2D eigenvalue weighted by atomic mass is 10.1. The van der Waals surface area contributed by atoms with Gasteiger partial charge in [-0.05, 0) is 36.8 Å². The van der Waals surface area contributed by atoms with Crippen molar-refractivity contribution in [1.82, 2.24) is 9.78 Å². The number of rotatable bonds is 2. The topological polar surface area (TPSA) is 48.3 Å². The maximum Gasteiger partial charge on any atom is 0.231 e. The first-order valence-corrected chi connectivity index (χ1v) is 8.20. The molecule has 3 heterocycles. The SMILES string of the molecule is Clc1ccccc1-n1nc(-c2ccc3c(c2)OCO3)c2c1NCC2. The number of benzene rings is 2. The van der Waals surface area contributed by atoms with Gasteiger partial charge < -0.3 is 14.8 Å². The lowest BCUT2D eigenvalue weighted by Gasteiger charge is -2.08. The first-order valence-electron chi connectivity index (χ1n) is 7.82. The van der Waals surface area contributed by atoms with Crippen LogP contribution in [0.25, 0.3) is 16.9 Å². The van der Waals surface area contributed by atoms with Crippen molar-refractivity contribution >= 4 is 17.4 Å². The third-order valence-corrected chi connectivity index (χ3v) is 4.70. The zero-order valence-corrected chi connectivity index (χ0v) is 13.5. The van der Waals surface area contributed by atoms with Crippen LogP contribution in [-0.2, 0) is 6.42 Å². The van der Waals surface area contributed by atoms with E-state index in [-0.39, 0.29) is 6.79 Å². The summed E-state index contributed by atoms with van der Waals surface area (Å²) in [6, 6.07) is 13.7. The molecular weight excluding hydrogens is 326 g/mol. The molecule has 3 aromatic rings. The first kappa shape index (κ1) is 13.7. The van der Waals surface area contributed by atoms with Crippen LogP contribution in [0.15, 0.2) is 42.5 Å². The van der Waals surface area contributed by atoms with Gasteiger partial charge in [0.1, 0.15) is 5.82 Å². The lowest BCUT2D eigenvalue weighted by molar-refractivity contribution is 0.174. The summed E-state index contributed by atoms with van der Waals surface area (Å²) in [5.74, 6) is 2.55. The highest BCUT2D eigenvalue weighted by molar-refractivity contribution is 6.32. The van der Waals surface area contributed by atoms with Crippen LogP contribution in [0.3, 0.4) is 0 Å². The minimum Gasteiger partial charge on any atom is -0.454 e. The number of halogens is 1. The van der Waals surface area contributed by atoms with Gasteiger partial charge in [0.2, 0.25) is 6.79 Å². The molecule has 0 spiro atoms. The number of anilines is 1. The summed E-state index contributed by atoms with van der Waals surface area (Å²) in [5, 5.41) is 8.93. The summed E-state index contributed by atoms with van der Waals surface area (Å²) in [7, 11) is 0. The molecule has 0 radical (unpaired) electrons. The van der Waals surface area contributed by atoms with E-state index in [1.807, 2.05) is 47.1 Å². The molecule has 2 aromatic carbocycles. The number of para-hydroxylation sites is 1. The molecule has 0 amide bonds. The molecule has 0 saturated carbocycles. The van der Waals surface area contributed by atoms with Gasteiger partial charge in [0, 0.05) is 17.7 Å². The second kappa shape index (κ2) is 5.18. The summed E-state index contributed by atoms with van der Waals surface area (Å²) >= 11 is 6.37. The van der Waals surface area contributed by atoms with Crippen LogP contribution in [0, 0.1) is 0 Å². The van der Waals surface area contributed by atoms with Crippen LogP contribution in [0.4, 0.5) is 5.82 Å². The predicted octanol–water partition coefficient (Wildman–Crippen LogP) is 3.89. The van der Waals surface area contributed by atoms with Crippen LogP contribution in [0.5, 0.6) is 11.5 Å². The standard InChI is InChI=1S/C18H14ClN3O2/c19-13-3-1-2-4-14(13)22-18-12(7-8-20-18)17(21-22)11-5-6-15-16(9-11)24-10-23-15/h1-6,9,20H,7-8,10H2. The van der Waals surface area contributed by atoms with Gasteiger partial charge in [-0.3, -0.25) is 0 Å². The van der Waals surface area contributed by atoms with Gasteiger partial charge in [0.15, 0.2) is 11.5 Å². The molecule has 1 aromatic heterocycles. The van der Waals surface area contributed by atoms with Crippen molar-refractivity contribution in [2.24, 2.45) is 0 Å². The Balaban J connectivity index is 1.68. The number of nitrogens with one attached hydrogen (secondary N) is 1. The Kier molecular flexibility index (Phi) is 2.97. The van der Waals surface area contributed by atoms with E-state index >= 15 is 0 Å². The van der Waals surface area contributed by atoms with E-state index in [9.17, 15) is 0 Å². The second-order valence-corrected chi connectivity index (χ2v) is 6.19. The Morgan fingerprint density at radius 1 is 1.08 bits per heavy atom. The second-order valence-electron chi connectivity index (χ2n) is 5.78. The molecule has 1 N–H and O–H groups in total. The molecule has 2 aliphatic rings. The van der Waals surface area contributed by atoms with Crippen LogP contribution in [0.1, 0.15) is 5.56 Å². The van der Waals surface area contributed by atoms with Gasteiger partial charge in [-0.2, -0.15) is 5.10 Å². The predicted molar refractivity (Wildman–Crippen MR) is 92.3 cm³/mol. The molecule has 120 valence electrons. The molecule has 6 heteroatoms. The molecular formula is C18H14ClN3O2. The number of fused-ring (bicyclic) bond motifs is 2. The van der Waals surface area contributed by atoms with Crippen LogP contribution in [0.2, 0.25) is 5.02 Å². The van der Waals surface area contributed by atoms with Crippen molar-refractivity contribution < 1.29 is 9.47 Å². The fraction of sp³-hybridized carbons (Fsp3) is 0.167. The highest BCUT2D eigenvalue weighted by Crippen LogP contribution is 2.40. The smallest absolute Gasteiger partial charge is 0.231 e. The average Bonchev–Trinajstić information content (AvgIpc) is 3.31. The first-order chi connectivity index (χ1) is 11.8. The van der Waals surface area contributed by atoms with E-state index in [0.717, 1.165) is 47.2 Å². The molecule has 5 rings (SSSR count). The van der Waals surface area contributed by atoms with E-state index < -0.39 is 0 Å². The van der Waals surface area contributed by atoms with Gasteiger partial charge in [-0.15, -0.1) is 0 Å². The molecule has 2 aliphatic heterocycles. The third-order valence-electron chi connectivity index (χ3n) is 4.38. The number of hydrogen-bond donors (Lipinski definition) is 1. The normalized spacial score (nSPS) is 14.5. The number of hydrogen-bond acceptors (Lipinski definition) is 4. The summed E-state index contributed by atoms with van der Waals surface area (Å²) < 4.78 is 12.8. The summed E-state index contributed by atoms with van der Waals surface area (Å²) in [6.07, 6.45) is 0.934. The van der Waals surface area contributed by atoms with Gasteiger partial charge >= 0.3 is 0 Å². The zero-order chi connectivity index (χ0) is 16.1. The minimum absolute atomic E-state index is 0.270. The van der Waals surface area contributed by atoms with E-state index in [1.54, 1.807) is 0 Å². The number of nitrogens with zero attached hydrogens (tertiary/aromatic N) is 2. The van der Waals surface area contributed by atoms with Gasteiger partial charge in [0.25, 0.3) is 0 Å². The molecule has 5 nitrogen and oxygen atoms in total. The Morgan fingerprint density at radius 2 is 1.96 bits per heavy atom. The van der Waals surface area contributed by atoms with Crippen molar-refractivity contribution in [2.45, 2.75) is 6.42 Å². The average molecular weight is 340 g/mol. The molecule has 0 bridgehead atoms. The van der Waals surface area contributed by atoms with Crippen molar-refractivity contribution in [3.8, 4) is 28.4 Å². The van der Waals surface area contributed by atoms with E-state index in [2.05, 4.69) is 5.32 Å². The summed E-state index contributed by atoms with van der Waals surface area (Å²) in [5.41, 5.74) is 4.05. The summed E-state index contributed by atoms with van der Waals surface area (Å²) in [6.45, 7) is 1.17. The van der Waals surface area contributed by atoms with Crippen LogP contribution >= 0.6 is 11.6 Å². The maximum absolute atomic E-state index is 6.37. The Bertz CT molecular complexity index is 951. The van der Waals surface area contributed by atoms with Crippen molar-refractivity contribution in [1.29, 1.82) is 0 Å². The summed E-state index contributed by atoms with van der Waals surface area (Å²) in [4.78, 5) is 0. The maximum atomic E-state index is 6.37. The molecule has 0 saturated heterocycles. The molecule has 0 atom stereocenters. The van der Waals surface area contributed by atoms with E-state index in [0.29, 0.717) is 5.02 Å². The molecule has 0 unspecified atom stereocenters. The van der Waals surface area contributed by atoms with Gasteiger partial charge in [-0.1, -0.05) is 23.7 Å². The highest BCUT2D eigenvalue weighted by Gasteiger charge is 2.25. The zero-order valence-electron chi connectivity index (χ0n) is 12.8. The quantitative estimate of drug-likeness (QED) is 0.769. The van der Waals surface area contributed by atoms with Crippen LogP contribution < -0.4 is 14.8 Å².